The highest BCUT2D eigenvalue weighted by Gasteiger charge is 2.32. The molecule has 1 atom stereocenters. The molecule has 0 amide bonds. The molecule has 3 heterocycles. The van der Waals surface area contributed by atoms with Gasteiger partial charge < -0.3 is 15.0 Å². The highest BCUT2D eigenvalue weighted by Crippen LogP contribution is 2.31. The van der Waals surface area contributed by atoms with E-state index in [-0.39, 0.29) is 0 Å². The van der Waals surface area contributed by atoms with E-state index in [0.29, 0.717) is 18.1 Å². The Balaban J connectivity index is 1.58. The molecule has 0 aliphatic carbocycles. The third kappa shape index (κ3) is 3.13. The van der Waals surface area contributed by atoms with Gasteiger partial charge in [0.2, 0.25) is 0 Å². The van der Waals surface area contributed by atoms with Gasteiger partial charge in [0.1, 0.15) is 11.9 Å². The molecule has 6 nitrogen and oxygen atoms in total. The van der Waals surface area contributed by atoms with Crippen molar-refractivity contribution in [2.45, 2.75) is 6.04 Å². The van der Waals surface area contributed by atoms with Gasteiger partial charge in [-0.25, -0.2) is 4.98 Å². The standard InChI is InChI=1S/C19H19ClN4O2/c20-13-4-5-16-14(11-13)15(12-22-16)18(19(25)26)24-9-7-23(8-10-24)17-3-1-2-6-21-17/h1-6,11-12,18,22H,7-10H2,(H,25,26). The summed E-state index contributed by atoms with van der Waals surface area (Å²) in [6.07, 6.45) is 3.56. The highest BCUT2D eigenvalue weighted by molar-refractivity contribution is 6.31. The van der Waals surface area contributed by atoms with Crippen LogP contribution in [-0.4, -0.2) is 52.1 Å². The number of piperazine rings is 1. The Hall–Kier alpha value is -2.57. The lowest BCUT2D eigenvalue weighted by atomic mass is 10.0. The van der Waals surface area contributed by atoms with Crippen molar-refractivity contribution in [2.75, 3.05) is 31.1 Å². The van der Waals surface area contributed by atoms with Crippen molar-refractivity contribution in [3.05, 3.63) is 59.4 Å². The van der Waals surface area contributed by atoms with Crippen LogP contribution in [0.3, 0.4) is 0 Å². The summed E-state index contributed by atoms with van der Waals surface area (Å²) in [5, 5.41) is 11.4. The highest BCUT2D eigenvalue weighted by atomic mass is 35.5. The molecule has 1 fully saturated rings. The maximum atomic E-state index is 12.1. The normalized spacial score (nSPS) is 16.7. The van der Waals surface area contributed by atoms with E-state index in [1.165, 1.54) is 0 Å². The summed E-state index contributed by atoms with van der Waals surface area (Å²) < 4.78 is 0. The van der Waals surface area contributed by atoms with E-state index in [9.17, 15) is 9.90 Å². The molecule has 26 heavy (non-hydrogen) atoms. The summed E-state index contributed by atoms with van der Waals surface area (Å²) in [5.74, 6) is 0.0788. The van der Waals surface area contributed by atoms with Crippen LogP contribution in [-0.2, 0) is 4.79 Å². The van der Waals surface area contributed by atoms with Gasteiger partial charge in [-0.05, 0) is 30.3 Å². The number of halogens is 1. The number of nitrogens with zero attached hydrogens (tertiary/aromatic N) is 3. The number of nitrogens with one attached hydrogen (secondary N) is 1. The summed E-state index contributed by atoms with van der Waals surface area (Å²) >= 11 is 6.12. The quantitative estimate of drug-likeness (QED) is 0.738. The predicted molar refractivity (Wildman–Crippen MR) is 102 cm³/mol. The third-order valence-corrected chi connectivity index (χ3v) is 5.09. The number of aromatic nitrogens is 2. The van der Waals surface area contributed by atoms with Gasteiger partial charge in [0.25, 0.3) is 0 Å². The monoisotopic (exact) mass is 370 g/mol. The van der Waals surface area contributed by atoms with Crippen molar-refractivity contribution in [1.82, 2.24) is 14.9 Å². The first-order valence-electron chi connectivity index (χ1n) is 8.53. The molecule has 7 heteroatoms. The minimum Gasteiger partial charge on any atom is -0.480 e. The number of carboxylic acids is 1. The number of carboxylic acid groups (broad SMARTS) is 1. The molecular formula is C19H19ClN4O2. The average molecular weight is 371 g/mol. The summed E-state index contributed by atoms with van der Waals surface area (Å²) in [5.41, 5.74) is 1.64. The van der Waals surface area contributed by atoms with Crippen LogP contribution in [0.2, 0.25) is 5.02 Å². The molecule has 134 valence electrons. The van der Waals surface area contributed by atoms with E-state index in [2.05, 4.69) is 14.9 Å². The smallest absolute Gasteiger partial charge is 0.325 e. The number of aliphatic carboxylic acids is 1. The molecule has 1 aromatic carbocycles. The fourth-order valence-corrected chi connectivity index (χ4v) is 3.75. The second kappa shape index (κ2) is 6.97. The maximum Gasteiger partial charge on any atom is 0.325 e. The zero-order chi connectivity index (χ0) is 18.1. The van der Waals surface area contributed by atoms with E-state index < -0.39 is 12.0 Å². The lowest BCUT2D eigenvalue weighted by molar-refractivity contribution is -0.143. The summed E-state index contributed by atoms with van der Waals surface area (Å²) in [7, 11) is 0. The molecule has 1 saturated heterocycles. The third-order valence-electron chi connectivity index (χ3n) is 4.86. The molecule has 1 aliphatic heterocycles. The van der Waals surface area contributed by atoms with Crippen LogP contribution in [0.25, 0.3) is 10.9 Å². The summed E-state index contributed by atoms with van der Waals surface area (Å²) in [6, 6.07) is 10.6. The summed E-state index contributed by atoms with van der Waals surface area (Å²) in [6.45, 7) is 2.79. The topological polar surface area (TPSA) is 72.5 Å². The number of anilines is 1. The Morgan fingerprint density at radius 3 is 2.69 bits per heavy atom. The van der Waals surface area contributed by atoms with E-state index in [1.54, 1.807) is 18.5 Å². The van der Waals surface area contributed by atoms with Crippen LogP contribution in [0.1, 0.15) is 11.6 Å². The number of pyridine rings is 1. The number of aromatic amines is 1. The number of benzene rings is 1. The molecule has 0 spiro atoms. The fourth-order valence-electron chi connectivity index (χ4n) is 3.58. The van der Waals surface area contributed by atoms with Crippen LogP contribution >= 0.6 is 11.6 Å². The molecule has 0 radical (unpaired) electrons. The summed E-state index contributed by atoms with van der Waals surface area (Å²) in [4.78, 5) is 23.8. The molecule has 4 rings (SSSR count). The van der Waals surface area contributed by atoms with E-state index in [1.807, 2.05) is 35.2 Å². The minimum atomic E-state index is -0.850. The number of carbonyl (C=O) groups is 1. The molecule has 3 aromatic rings. The van der Waals surface area contributed by atoms with Crippen LogP contribution in [0.5, 0.6) is 0 Å². The van der Waals surface area contributed by atoms with Gasteiger partial charge >= 0.3 is 5.97 Å². The Morgan fingerprint density at radius 2 is 2.00 bits per heavy atom. The largest absolute Gasteiger partial charge is 0.480 e. The van der Waals surface area contributed by atoms with Crippen molar-refractivity contribution < 1.29 is 9.90 Å². The number of hydrogen-bond donors (Lipinski definition) is 2. The molecular weight excluding hydrogens is 352 g/mol. The lowest BCUT2D eigenvalue weighted by Gasteiger charge is -2.38. The molecule has 1 unspecified atom stereocenters. The van der Waals surface area contributed by atoms with E-state index in [4.69, 9.17) is 11.6 Å². The van der Waals surface area contributed by atoms with Gasteiger partial charge in [-0.1, -0.05) is 17.7 Å². The van der Waals surface area contributed by atoms with Crippen LogP contribution in [0, 0.1) is 0 Å². The molecule has 0 bridgehead atoms. The van der Waals surface area contributed by atoms with Gasteiger partial charge in [0.15, 0.2) is 0 Å². The lowest BCUT2D eigenvalue weighted by Crippen LogP contribution is -2.49. The average Bonchev–Trinajstić information content (AvgIpc) is 3.06. The Morgan fingerprint density at radius 1 is 1.19 bits per heavy atom. The minimum absolute atomic E-state index is 0.600. The second-order valence-electron chi connectivity index (χ2n) is 6.39. The molecule has 2 aromatic heterocycles. The predicted octanol–water partition coefficient (Wildman–Crippen LogP) is 3.16. The number of H-pyrrole nitrogens is 1. The number of fused-ring (bicyclic) bond motifs is 1. The van der Waals surface area contributed by atoms with Gasteiger partial charge in [-0.2, -0.15) is 0 Å². The van der Waals surface area contributed by atoms with Crippen LogP contribution in [0.15, 0.2) is 48.8 Å². The van der Waals surface area contributed by atoms with Crippen molar-refractivity contribution in [2.24, 2.45) is 0 Å². The first-order valence-corrected chi connectivity index (χ1v) is 8.90. The van der Waals surface area contributed by atoms with Gasteiger partial charge in [0.05, 0.1) is 0 Å². The van der Waals surface area contributed by atoms with Crippen molar-refractivity contribution in [3.8, 4) is 0 Å². The van der Waals surface area contributed by atoms with Gasteiger partial charge in [-0.15, -0.1) is 0 Å². The fraction of sp³-hybridized carbons (Fsp3) is 0.263. The van der Waals surface area contributed by atoms with Crippen LogP contribution in [0.4, 0.5) is 5.82 Å². The zero-order valence-corrected chi connectivity index (χ0v) is 14.9. The van der Waals surface area contributed by atoms with Crippen molar-refractivity contribution in [1.29, 1.82) is 0 Å². The van der Waals surface area contributed by atoms with Crippen molar-refractivity contribution in [3.63, 3.8) is 0 Å². The SMILES string of the molecule is O=C(O)C(c1c[nH]c2ccc(Cl)cc12)N1CCN(c2ccccn2)CC1. The van der Waals surface area contributed by atoms with E-state index in [0.717, 1.165) is 35.4 Å². The maximum absolute atomic E-state index is 12.1. The van der Waals surface area contributed by atoms with Crippen LogP contribution < -0.4 is 4.90 Å². The number of hydrogen-bond acceptors (Lipinski definition) is 4. The zero-order valence-electron chi connectivity index (χ0n) is 14.1. The van der Waals surface area contributed by atoms with Crippen molar-refractivity contribution >= 4 is 34.3 Å². The second-order valence-corrected chi connectivity index (χ2v) is 6.82. The van der Waals surface area contributed by atoms with Gasteiger partial charge in [0, 0.05) is 60.1 Å². The Labute approximate surface area is 156 Å². The first kappa shape index (κ1) is 16.9. The first-order chi connectivity index (χ1) is 12.6. The molecule has 1 aliphatic rings. The Bertz CT molecular complexity index is 920. The van der Waals surface area contributed by atoms with Gasteiger partial charge in [-0.3, -0.25) is 9.69 Å². The Kier molecular flexibility index (Phi) is 4.53. The molecule has 0 saturated carbocycles. The molecule has 2 N–H and O–H groups in total. The number of rotatable bonds is 4. The van der Waals surface area contributed by atoms with E-state index >= 15 is 0 Å².